The lowest BCUT2D eigenvalue weighted by Gasteiger charge is -2.07. The number of hydrogen-bond acceptors (Lipinski definition) is 5. The van der Waals surface area contributed by atoms with Crippen molar-refractivity contribution in [2.24, 2.45) is 0 Å². The predicted molar refractivity (Wildman–Crippen MR) is 84.6 cm³/mol. The van der Waals surface area contributed by atoms with Crippen LogP contribution in [0, 0.1) is 0 Å². The molecular formula is C16H13ClN2O4. The number of carbonyl (C=O) groups excluding carboxylic acids is 3. The van der Waals surface area contributed by atoms with E-state index < -0.39 is 18.5 Å². The zero-order valence-electron chi connectivity index (χ0n) is 12.2. The minimum absolute atomic E-state index is 0.109. The summed E-state index contributed by atoms with van der Waals surface area (Å²) in [4.78, 5) is 38.5. The molecule has 0 bridgehead atoms. The molecule has 0 fully saturated rings. The van der Waals surface area contributed by atoms with Gasteiger partial charge in [0.15, 0.2) is 12.4 Å². The summed E-state index contributed by atoms with van der Waals surface area (Å²) >= 11 is 5.62. The van der Waals surface area contributed by atoms with Gasteiger partial charge in [0.25, 0.3) is 5.91 Å². The molecule has 0 saturated heterocycles. The van der Waals surface area contributed by atoms with Gasteiger partial charge in [-0.2, -0.15) is 0 Å². The molecule has 118 valence electrons. The average Bonchev–Trinajstić information content (AvgIpc) is 2.53. The van der Waals surface area contributed by atoms with Crippen LogP contribution in [0.4, 0.5) is 5.69 Å². The van der Waals surface area contributed by atoms with Gasteiger partial charge in [-0.3, -0.25) is 9.59 Å². The summed E-state index contributed by atoms with van der Waals surface area (Å²) < 4.78 is 4.88. The van der Waals surface area contributed by atoms with Gasteiger partial charge in [0.05, 0.1) is 5.56 Å². The van der Waals surface area contributed by atoms with Crippen LogP contribution in [0.15, 0.2) is 42.6 Å². The zero-order valence-corrected chi connectivity index (χ0v) is 13.0. The lowest BCUT2D eigenvalue weighted by molar-refractivity contribution is -0.119. The number of nitrogens with zero attached hydrogens (tertiary/aromatic N) is 1. The molecule has 0 radical (unpaired) electrons. The minimum Gasteiger partial charge on any atom is -0.452 e. The van der Waals surface area contributed by atoms with Crippen molar-refractivity contribution in [3.8, 4) is 0 Å². The fourth-order valence-electron chi connectivity index (χ4n) is 1.72. The Morgan fingerprint density at radius 2 is 1.96 bits per heavy atom. The summed E-state index contributed by atoms with van der Waals surface area (Å²) in [6.45, 7) is 0.981. The summed E-state index contributed by atoms with van der Waals surface area (Å²) in [5.74, 6) is -1.30. The molecule has 23 heavy (non-hydrogen) atoms. The van der Waals surface area contributed by atoms with Crippen LogP contribution >= 0.6 is 11.6 Å². The Labute approximate surface area is 137 Å². The monoisotopic (exact) mass is 332 g/mol. The van der Waals surface area contributed by atoms with Crippen LogP contribution in [0.25, 0.3) is 0 Å². The highest BCUT2D eigenvalue weighted by atomic mass is 35.5. The van der Waals surface area contributed by atoms with E-state index in [-0.39, 0.29) is 16.5 Å². The second-order valence-electron chi connectivity index (χ2n) is 4.63. The van der Waals surface area contributed by atoms with Gasteiger partial charge in [-0.15, -0.1) is 0 Å². The van der Waals surface area contributed by atoms with Crippen molar-refractivity contribution in [2.75, 3.05) is 11.9 Å². The topological polar surface area (TPSA) is 85.4 Å². The number of carbonyl (C=O) groups is 3. The van der Waals surface area contributed by atoms with Crippen molar-refractivity contribution in [1.29, 1.82) is 0 Å². The molecule has 2 aromatic rings. The van der Waals surface area contributed by atoms with E-state index in [0.29, 0.717) is 11.3 Å². The predicted octanol–water partition coefficient (Wildman–Crippen LogP) is 2.73. The third kappa shape index (κ3) is 4.89. The van der Waals surface area contributed by atoms with Gasteiger partial charge in [0.1, 0.15) is 5.15 Å². The molecule has 0 spiro atoms. The number of amides is 1. The van der Waals surface area contributed by atoms with Crippen LogP contribution in [0.1, 0.15) is 27.6 Å². The first-order valence-corrected chi connectivity index (χ1v) is 7.03. The maximum absolute atomic E-state index is 11.8. The van der Waals surface area contributed by atoms with Crippen LogP contribution in [-0.4, -0.2) is 29.3 Å². The maximum atomic E-state index is 11.8. The molecule has 1 aromatic heterocycles. The number of rotatable bonds is 5. The lowest BCUT2D eigenvalue weighted by Crippen LogP contribution is -2.21. The van der Waals surface area contributed by atoms with Gasteiger partial charge >= 0.3 is 5.97 Å². The van der Waals surface area contributed by atoms with Gasteiger partial charge in [-0.1, -0.05) is 23.7 Å². The highest BCUT2D eigenvalue weighted by Crippen LogP contribution is 2.11. The Morgan fingerprint density at radius 1 is 1.17 bits per heavy atom. The Hall–Kier alpha value is -2.73. The van der Waals surface area contributed by atoms with Gasteiger partial charge in [0.2, 0.25) is 0 Å². The summed E-state index contributed by atoms with van der Waals surface area (Å²) in [5.41, 5.74) is 1.12. The van der Waals surface area contributed by atoms with Crippen LogP contribution in [0.3, 0.4) is 0 Å². The van der Waals surface area contributed by atoms with Crippen molar-refractivity contribution in [3.63, 3.8) is 0 Å². The molecule has 1 aromatic carbocycles. The molecule has 0 unspecified atom stereocenters. The van der Waals surface area contributed by atoms with E-state index in [1.54, 1.807) is 24.3 Å². The van der Waals surface area contributed by atoms with E-state index in [1.807, 2.05) is 0 Å². The highest BCUT2D eigenvalue weighted by molar-refractivity contribution is 6.29. The first-order chi connectivity index (χ1) is 11.0. The first kappa shape index (κ1) is 16.6. The summed E-state index contributed by atoms with van der Waals surface area (Å²) in [7, 11) is 0. The van der Waals surface area contributed by atoms with E-state index in [1.165, 1.54) is 25.3 Å². The lowest BCUT2D eigenvalue weighted by atomic mass is 10.1. The SMILES string of the molecule is CC(=O)c1cccc(NC(=O)COC(=O)c2ccc(Cl)nc2)c1. The molecule has 1 amide bonds. The molecule has 2 rings (SSSR count). The fourth-order valence-corrected chi connectivity index (χ4v) is 1.84. The van der Waals surface area contributed by atoms with E-state index in [2.05, 4.69) is 10.3 Å². The normalized spacial score (nSPS) is 10.0. The van der Waals surface area contributed by atoms with Crippen LogP contribution in [0.2, 0.25) is 5.15 Å². The molecule has 7 heteroatoms. The number of anilines is 1. The second kappa shape index (κ2) is 7.51. The number of aromatic nitrogens is 1. The van der Waals surface area contributed by atoms with Crippen LogP contribution in [-0.2, 0) is 9.53 Å². The summed E-state index contributed by atoms with van der Waals surface area (Å²) in [5, 5.41) is 2.80. The number of benzene rings is 1. The number of Topliss-reactive ketones (excluding diaryl/α,β-unsaturated/α-hetero) is 1. The molecule has 6 nitrogen and oxygen atoms in total. The molecule has 0 atom stereocenters. The summed E-state index contributed by atoms with van der Waals surface area (Å²) in [6.07, 6.45) is 1.26. The standard InChI is InChI=1S/C16H13ClN2O4/c1-10(20)11-3-2-4-13(7-11)19-15(21)9-23-16(22)12-5-6-14(17)18-8-12/h2-8H,9H2,1H3,(H,19,21). The zero-order chi connectivity index (χ0) is 16.8. The van der Waals surface area contributed by atoms with Gasteiger partial charge in [-0.05, 0) is 31.2 Å². The maximum Gasteiger partial charge on any atom is 0.340 e. The number of ketones is 1. The Kier molecular flexibility index (Phi) is 5.43. The van der Waals surface area contributed by atoms with Gasteiger partial charge in [-0.25, -0.2) is 9.78 Å². The van der Waals surface area contributed by atoms with E-state index in [4.69, 9.17) is 16.3 Å². The molecule has 1 N–H and O–H groups in total. The number of nitrogens with one attached hydrogen (secondary N) is 1. The van der Waals surface area contributed by atoms with Crippen molar-refractivity contribution in [2.45, 2.75) is 6.92 Å². The van der Waals surface area contributed by atoms with Crippen LogP contribution < -0.4 is 5.32 Å². The average molecular weight is 333 g/mol. The third-order valence-electron chi connectivity index (χ3n) is 2.85. The Bertz CT molecular complexity index is 744. The number of hydrogen-bond donors (Lipinski definition) is 1. The second-order valence-corrected chi connectivity index (χ2v) is 5.02. The van der Waals surface area contributed by atoms with E-state index in [0.717, 1.165) is 0 Å². The quantitative estimate of drug-likeness (QED) is 0.517. The molecule has 1 heterocycles. The van der Waals surface area contributed by atoms with Crippen molar-refractivity contribution in [1.82, 2.24) is 4.98 Å². The van der Waals surface area contributed by atoms with Crippen molar-refractivity contribution in [3.05, 3.63) is 58.9 Å². The number of pyridine rings is 1. The molecular weight excluding hydrogens is 320 g/mol. The molecule has 0 aliphatic heterocycles. The molecule has 0 aliphatic carbocycles. The van der Waals surface area contributed by atoms with Crippen molar-refractivity contribution < 1.29 is 19.1 Å². The molecule has 0 aliphatic rings. The highest BCUT2D eigenvalue weighted by Gasteiger charge is 2.11. The number of ether oxygens (including phenoxy) is 1. The Balaban J connectivity index is 1.90. The van der Waals surface area contributed by atoms with Crippen molar-refractivity contribution >= 4 is 34.9 Å². The number of halogens is 1. The smallest absolute Gasteiger partial charge is 0.340 e. The van der Waals surface area contributed by atoms with Gasteiger partial charge in [0, 0.05) is 17.4 Å². The fraction of sp³-hybridized carbons (Fsp3) is 0.125. The molecule has 0 saturated carbocycles. The first-order valence-electron chi connectivity index (χ1n) is 6.65. The summed E-state index contributed by atoms with van der Waals surface area (Å²) in [6, 6.07) is 9.38. The minimum atomic E-state index is -0.679. The third-order valence-corrected chi connectivity index (χ3v) is 3.07. The van der Waals surface area contributed by atoms with E-state index >= 15 is 0 Å². The van der Waals surface area contributed by atoms with Crippen LogP contribution in [0.5, 0.6) is 0 Å². The van der Waals surface area contributed by atoms with E-state index in [9.17, 15) is 14.4 Å². The Morgan fingerprint density at radius 3 is 2.61 bits per heavy atom. The largest absolute Gasteiger partial charge is 0.452 e. The van der Waals surface area contributed by atoms with Gasteiger partial charge < -0.3 is 10.1 Å². The number of esters is 1.